The number of amides is 1. The van der Waals surface area contributed by atoms with Crippen LogP contribution in [0.5, 0.6) is 0 Å². The van der Waals surface area contributed by atoms with Crippen LogP contribution in [0.25, 0.3) is 11.5 Å². The van der Waals surface area contributed by atoms with Crippen molar-refractivity contribution in [1.29, 1.82) is 0 Å². The van der Waals surface area contributed by atoms with Crippen molar-refractivity contribution in [3.8, 4) is 11.5 Å². The molecule has 0 bridgehead atoms. The maximum Gasteiger partial charge on any atom is 0.240 e. The third kappa shape index (κ3) is 4.72. The van der Waals surface area contributed by atoms with Gasteiger partial charge in [0.05, 0.1) is 6.61 Å². The zero-order valence-corrected chi connectivity index (χ0v) is 16.0. The Morgan fingerprint density at radius 3 is 2.63 bits per heavy atom. The van der Waals surface area contributed by atoms with Crippen molar-refractivity contribution in [3.63, 3.8) is 0 Å². The molecule has 0 aliphatic carbocycles. The molecule has 0 saturated heterocycles. The number of carbonyl (C=O) groups is 1. The fourth-order valence-corrected chi connectivity index (χ4v) is 3.59. The van der Waals surface area contributed by atoms with Gasteiger partial charge in [-0.2, -0.15) is 0 Å². The standard InChI is InChI=1S/C19H21N5O2S/c1-3-24-17(15-11-7-8-12-20-15)22-23-19(24)27-16(13-26-2)18(25)21-14-9-5-4-6-10-14/h4-12,16H,3,13H2,1-2H3,(H,21,25). The van der Waals surface area contributed by atoms with Gasteiger partial charge in [-0.15, -0.1) is 10.2 Å². The van der Waals surface area contributed by atoms with E-state index in [0.29, 0.717) is 17.5 Å². The summed E-state index contributed by atoms with van der Waals surface area (Å²) in [5.41, 5.74) is 1.49. The highest BCUT2D eigenvalue weighted by atomic mass is 32.2. The van der Waals surface area contributed by atoms with Crippen molar-refractivity contribution in [2.45, 2.75) is 23.9 Å². The van der Waals surface area contributed by atoms with Crippen molar-refractivity contribution in [1.82, 2.24) is 19.7 Å². The van der Waals surface area contributed by atoms with Crippen LogP contribution in [-0.2, 0) is 16.1 Å². The minimum absolute atomic E-state index is 0.141. The maximum absolute atomic E-state index is 12.7. The van der Waals surface area contributed by atoms with Crippen LogP contribution >= 0.6 is 11.8 Å². The largest absolute Gasteiger partial charge is 0.383 e. The summed E-state index contributed by atoms with van der Waals surface area (Å²) in [6.45, 7) is 2.94. The van der Waals surface area contributed by atoms with Gasteiger partial charge in [-0.1, -0.05) is 36.0 Å². The molecule has 0 saturated carbocycles. The molecule has 1 amide bonds. The highest BCUT2D eigenvalue weighted by Crippen LogP contribution is 2.27. The van der Waals surface area contributed by atoms with Crippen molar-refractivity contribution < 1.29 is 9.53 Å². The SMILES string of the molecule is CCn1c(SC(COC)C(=O)Nc2ccccc2)nnc1-c1ccccn1. The second-order valence-corrected chi connectivity index (χ2v) is 6.85. The van der Waals surface area contributed by atoms with Gasteiger partial charge in [0.15, 0.2) is 11.0 Å². The molecule has 1 N–H and O–H groups in total. The van der Waals surface area contributed by atoms with Crippen molar-refractivity contribution in [2.24, 2.45) is 0 Å². The summed E-state index contributed by atoms with van der Waals surface area (Å²) < 4.78 is 7.20. The van der Waals surface area contributed by atoms with E-state index in [1.165, 1.54) is 11.8 Å². The second kappa shape index (κ2) is 9.29. The lowest BCUT2D eigenvalue weighted by molar-refractivity contribution is -0.116. The van der Waals surface area contributed by atoms with Gasteiger partial charge in [-0.3, -0.25) is 9.78 Å². The van der Waals surface area contributed by atoms with E-state index in [4.69, 9.17) is 4.74 Å². The first-order valence-electron chi connectivity index (χ1n) is 8.59. The lowest BCUT2D eigenvalue weighted by Crippen LogP contribution is -2.29. The fourth-order valence-electron chi connectivity index (χ4n) is 2.53. The molecule has 0 fully saturated rings. The van der Waals surface area contributed by atoms with Crippen LogP contribution in [0.4, 0.5) is 5.69 Å². The van der Waals surface area contributed by atoms with Gasteiger partial charge in [0.2, 0.25) is 5.91 Å². The molecular formula is C19H21N5O2S. The maximum atomic E-state index is 12.7. The molecule has 1 unspecified atom stereocenters. The number of pyridine rings is 1. The van der Waals surface area contributed by atoms with E-state index in [-0.39, 0.29) is 12.5 Å². The molecule has 2 heterocycles. The molecule has 140 valence electrons. The molecule has 0 spiro atoms. The first kappa shape index (κ1) is 19.1. The summed E-state index contributed by atoms with van der Waals surface area (Å²) in [6.07, 6.45) is 1.72. The highest BCUT2D eigenvalue weighted by Gasteiger charge is 2.24. The van der Waals surface area contributed by atoms with Crippen LogP contribution in [0, 0.1) is 0 Å². The smallest absolute Gasteiger partial charge is 0.240 e. The number of carbonyl (C=O) groups excluding carboxylic acids is 1. The molecule has 1 atom stereocenters. The van der Waals surface area contributed by atoms with Gasteiger partial charge in [-0.25, -0.2) is 0 Å². The van der Waals surface area contributed by atoms with Crippen LogP contribution in [-0.4, -0.2) is 44.6 Å². The van der Waals surface area contributed by atoms with E-state index >= 15 is 0 Å². The summed E-state index contributed by atoms with van der Waals surface area (Å²) >= 11 is 1.33. The summed E-state index contributed by atoms with van der Waals surface area (Å²) in [5, 5.41) is 11.7. The average Bonchev–Trinajstić information content (AvgIpc) is 3.11. The van der Waals surface area contributed by atoms with Crippen molar-refractivity contribution in [2.75, 3.05) is 19.0 Å². The Balaban J connectivity index is 1.80. The van der Waals surface area contributed by atoms with Crippen LogP contribution in [0.1, 0.15) is 6.92 Å². The molecule has 3 aromatic rings. The molecule has 7 nitrogen and oxygen atoms in total. The normalized spacial score (nSPS) is 11.9. The third-order valence-corrected chi connectivity index (χ3v) is 4.97. The van der Waals surface area contributed by atoms with Gasteiger partial charge in [0.25, 0.3) is 0 Å². The monoisotopic (exact) mass is 383 g/mol. The number of benzene rings is 1. The Bertz CT molecular complexity index is 870. The zero-order chi connectivity index (χ0) is 19.1. The van der Waals surface area contributed by atoms with E-state index in [9.17, 15) is 4.79 Å². The fraction of sp³-hybridized carbons (Fsp3) is 0.263. The molecule has 0 aliphatic rings. The number of nitrogens with zero attached hydrogens (tertiary/aromatic N) is 4. The number of methoxy groups -OCH3 is 1. The summed E-state index contributed by atoms with van der Waals surface area (Å²) in [7, 11) is 1.58. The van der Waals surface area contributed by atoms with E-state index in [0.717, 1.165) is 11.4 Å². The van der Waals surface area contributed by atoms with Crippen LogP contribution < -0.4 is 5.32 Å². The molecule has 8 heteroatoms. The number of nitrogens with one attached hydrogen (secondary N) is 1. The number of thioether (sulfide) groups is 1. The highest BCUT2D eigenvalue weighted by molar-refractivity contribution is 8.00. The minimum atomic E-state index is -0.457. The minimum Gasteiger partial charge on any atom is -0.383 e. The topological polar surface area (TPSA) is 81.9 Å². The van der Waals surface area contributed by atoms with Gasteiger partial charge < -0.3 is 14.6 Å². The van der Waals surface area contributed by atoms with Crippen LogP contribution in [0.2, 0.25) is 0 Å². The van der Waals surface area contributed by atoms with E-state index in [1.807, 2.05) is 60.0 Å². The van der Waals surface area contributed by atoms with Crippen LogP contribution in [0.3, 0.4) is 0 Å². The average molecular weight is 383 g/mol. The lowest BCUT2D eigenvalue weighted by atomic mass is 10.3. The number of hydrogen-bond donors (Lipinski definition) is 1. The van der Waals surface area contributed by atoms with Gasteiger partial charge in [-0.05, 0) is 31.2 Å². The van der Waals surface area contributed by atoms with Gasteiger partial charge in [0.1, 0.15) is 10.9 Å². The predicted octanol–water partition coefficient (Wildman–Crippen LogP) is 3.11. The third-order valence-electron chi connectivity index (χ3n) is 3.83. The van der Waals surface area contributed by atoms with Crippen molar-refractivity contribution in [3.05, 3.63) is 54.7 Å². The van der Waals surface area contributed by atoms with Gasteiger partial charge >= 0.3 is 0 Å². The number of anilines is 1. The second-order valence-electron chi connectivity index (χ2n) is 5.68. The number of ether oxygens (including phenoxy) is 1. The Labute approximate surface area is 162 Å². The first-order valence-corrected chi connectivity index (χ1v) is 9.47. The number of para-hydroxylation sites is 1. The summed E-state index contributed by atoms with van der Waals surface area (Å²) in [6, 6.07) is 15.0. The Morgan fingerprint density at radius 1 is 1.19 bits per heavy atom. The van der Waals surface area contributed by atoms with E-state index in [1.54, 1.807) is 13.3 Å². The number of rotatable bonds is 8. The van der Waals surface area contributed by atoms with Crippen molar-refractivity contribution >= 4 is 23.4 Å². The molecule has 0 radical (unpaired) electrons. The first-order chi connectivity index (χ1) is 13.2. The van der Waals surface area contributed by atoms with Crippen LogP contribution in [0.15, 0.2) is 59.9 Å². The quantitative estimate of drug-likeness (QED) is 0.602. The molecule has 3 rings (SSSR count). The van der Waals surface area contributed by atoms with Gasteiger partial charge in [0, 0.05) is 25.5 Å². The van der Waals surface area contributed by atoms with E-state index in [2.05, 4.69) is 20.5 Å². The Morgan fingerprint density at radius 2 is 1.96 bits per heavy atom. The lowest BCUT2D eigenvalue weighted by Gasteiger charge is -2.16. The molecule has 27 heavy (non-hydrogen) atoms. The number of aromatic nitrogens is 4. The molecule has 1 aromatic carbocycles. The molecule has 0 aliphatic heterocycles. The summed E-state index contributed by atoms with van der Waals surface area (Å²) in [5.74, 6) is 0.540. The van der Waals surface area contributed by atoms with E-state index < -0.39 is 5.25 Å². The molecular weight excluding hydrogens is 362 g/mol. The summed E-state index contributed by atoms with van der Waals surface area (Å²) in [4.78, 5) is 17.0. The Hall–Kier alpha value is -2.71. The Kier molecular flexibility index (Phi) is 6.56. The zero-order valence-electron chi connectivity index (χ0n) is 15.2. The molecule has 2 aromatic heterocycles. The predicted molar refractivity (Wildman–Crippen MR) is 106 cm³/mol. The number of hydrogen-bond acceptors (Lipinski definition) is 6.